The summed E-state index contributed by atoms with van der Waals surface area (Å²) in [6, 6.07) is 13.2. The Kier molecular flexibility index (Phi) is 8.28. The number of carbonyl (C=O) groups excluding carboxylic acids is 2. The van der Waals surface area contributed by atoms with E-state index >= 15 is 0 Å². The lowest BCUT2D eigenvalue weighted by molar-refractivity contribution is -0.111. The summed E-state index contributed by atoms with van der Waals surface area (Å²) >= 11 is 8.20. The first kappa shape index (κ1) is 24.2. The molecule has 0 atom stereocenters. The monoisotopic (exact) mass is 577 g/mol. The zero-order valence-corrected chi connectivity index (χ0v) is 21.7. The molecular formula is C24H21Br2NO4S. The fourth-order valence-electron chi connectivity index (χ4n) is 3.15. The van der Waals surface area contributed by atoms with Crippen LogP contribution in [0.1, 0.15) is 27.7 Å². The van der Waals surface area contributed by atoms with Gasteiger partial charge in [-0.3, -0.25) is 4.79 Å². The van der Waals surface area contributed by atoms with E-state index in [4.69, 9.17) is 9.47 Å². The van der Waals surface area contributed by atoms with Crippen LogP contribution in [0.15, 0.2) is 57.5 Å². The summed E-state index contributed by atoms with van der Waals surface area (Å²) in [5.74, 6) is -0.183. The Morgan fingerprint density at radius 1 is 1.09 bits per heavy atom. The highest BCUT2D eigenvalue weighted by molar-refractivity contribution is 9.10. The van der Waals surface area contributed by atoms with Gasteiger partial charge in [0.2, 0.25) is 5.91 Å². The number of rotatable bonds is 7. The van der Waals surface area contributed by atoms with E-state index in [1.54, 1.807) is 6.08 Å². The van der Waals surface area contributed by atoms with Crippen molar-refractivity contribution in [3.63, 3.8) is 0 Å². The zero-order valence-electron chi connectivity index (χ0n) is 17.7. The Morgan fingerprint density at radius 2 is 1.78 bits per heavy atom. The van der Waals surface area contributed by atoms with Crippen molar-refractivity contribution < 1.29 is 19.1 Å². The predicted molar refractivity (Wildman–Crippen MR) is 137 cm³/mol. The van der Waals surface area contributed by atoms with E-state index in [2.05, 4.69) is 37.2 Å². The Bertz CT molecular complexity index is 1170. The number of methoxy groups -OCH3 is 1. The molecule has 0 radical (unpaired) electrons. The number of thiophene rings is 1. The summed E-state index contributed by atoms with van der Waals surface area (Å²) in [6.07, 6.45) is 3.10. The third-order valence-electron chi connectivity index (χ3n) is 4.53. The molecule has 1 N–H and O–H groups in total. The first-order valence-electron chi connectivity index (χ1n) is 9.73. The summed E-state index contributed by atoms with van der Waals surface area (Å²) in [5, 5.41) is 3.28. The molecule has 5 nitrogen and oxygen atoms in total. The molecule has 0 saturated carbocycles. The van der Waals surface area contributed by atoms with Crippen molar-refractivity contribution in [3.05, 3.63) is 73.5 Å². The second kappa shape index (κ2) is 10.9. The first-order chi connectivity index (χ1) is 15.3. The average molecular weight is 579 g/mol. The van der Waals surface area contributed by atoms with E-state index in [-0.39, 0.29) is 5.91 Å². The fraction of sp³-hybridized carbons (Fsp3) is 0.167. The van der Waals surface area contributed by atoms with Crippen molar-refractivity contribution in [1.29, 1.82) is 0 Å². The topological polar surface area (TPSA) is 64.6 Å². The highest BCUT2D eigenvalue weighted by atomic mass is 79.9. The van der Waals surface area contributed by atoms with E-state index in [1.807, 2.05) is 56.3 Å². The van der Waals surface area contributed by atoms with Gasteiger partial charge >= 0.3 is 5.97 Å². The maximum atomic E-state index is 12.7. The molecule has 3 rings (SSSR count). The maximum absolute atomic E-state index is 12.7. The standard InChI is InChI=1S/C24H21Br2NO4S/c1-4-31-19-11-10-18(26)13-16(19)7-12-20(28)27-23-22(24(29)30-3)21(14(2)32-23)15-5-8-17(25)9-6-15/h5-13H,4H2,1-3H3,(H,27,28)/b12-7+. The number of carbonyl (C=O) groups is 2. The minimum Gasteiger partial charge on any atom is -0.493 e. The molecule has 0 bridgehead atoms. The van der Waals surface area contributed by atoms with Crippen LogP contribution in [0.4, 0.5) is 5.00 Å². The maximum Gasteiger partial charge on any atom is 0.341 e. The van der Waals surface area contributed by atoms with Gasteiger partial charge in [-0.15, -0.1) is 11.3 Å². The smallest absolute Gasteiger partial charge is 0.341 e. The van der Waals surface area contributed by atoms with Crippen molar-refractivity contribution >= 4 is 66.2 Å². The van der Waals surface area contributed by atoms with Gasteiger partial charge in [0.15, 0.2) is 0 Å². The van der Waals surface area contributed by atoms with Crippen LogP contribution >= 0.6 is 43.2 Å². The Hall–Kier alpha value is -2.42. The number of hydrogen-bond donors (Lipinski definition) is 1. The molecule has 8 heteroatoms. The molecule has 1 aromatic heterocycles. The van der Waals surface area contributed by atoms with Crippen molar-refractivity contribution in [2.45, 2.75) is 13.8 Å². The molecular weight excluding hydrogens is 558 g/mol. The van der Waals surface area contributed by atoms with Gasteiger partial charge in [-0.1, -0.05) is 44.0 Å². The second-order valence-electron chi connectivity index (χ2n) is 6.67. The lowest BCUT2D eigenvalue weighted by Gasteiger charge is -2.08. The van der Waals surface area contributed by atoms with E-state index in [9.17, 15) is 9.59 Å². The molecule has 0 aliphatic heterocycles. The molecule has 1 heterocycles. The molecule has 1 amide bonds. The van der Waals surface area contributed by atoms with Crippen molar-refractivity contribution in [2.75, 3.05) is 19.0 Å². The Morgan fingerprint density at radius 3 is 2.44 bits per heavy atom. The molecule has 3 aromatic rings. The van der Waals surface area contributed by atoms with Gasteiger partial charge in [0.05, 0.1) is 13.7 Å². The second-order valence-corrected chi connectivity index (χ2v) is 9.73. The molecule has 0 spiro atoms. The third kappa shape index (κ3) is 5.68. The van der Waals surface area contributed by atoms with Gasteiger partial charge in [-0.05, 0) is 55.8 Å². The van der Waals surface area contributed by atoms with Gasteiger partial charge < -0.3 is 14.8 Å². The molecule has 0 aliphatic rings. The highest BCUT2D eigenvalue weighted by Crippen LogP contribution is 2.40. The summed E-state index contributed by atoms with van der Waals surface area (Å²) in [6.45, 7) is 4.33. The van der Waals surface area contributed by atoms with Crippen LogP contribution in [0.25, 0.3) is 17.2 Å². The van der Waals surface area contributed by atoms with Crippen LogP contribution in [0.2, 0.25) is 0 Å². The van der Waals surface area contributed by atoms with Crippen LogP contribution < -0.4 is 10.1 Å². The van der Waals surface area contributed by atoms with Gasteiger partial charge in [-0.2, -0.15) is 0 Å². The van der Waals surface area contributed by atoms with Crippen molar-refractivity contribution in [1.82, 2.24) is 0 Å². The number of aryl methyl sites for hydroxylation is 1. The van der Waals surface area contributed by atoms with Gasteiger partial charge in [0.1, 0.15) is 16.3 Å². The number of benzene rings is 2. The number of anilines is 1. The highest BCUT2D eigenvalue weighted by Gasteiger charge is 2.24. The lowest BCUT2D eigenvalue weighted by Crippen LogP contribution is -2.11. The SMILES string of the molecule is CCOc1ccc(Br)cc1/C=C/C(=O)Nc1sc(C)c(-c2ccc(Br)cc2)c1C(=O)OC. The van der Waals surface area contributed by atoms with Gasteiger partial charge in [0.25, 0.3) is 0 Å². The van der Waals surface area contributed by atoms with E-state index in [0.29, 0.717) is 22.9 Å². The fourth-order valence-corrected chi connectivity index (χ4v) is 4.86. The van der Waals surface area contributed by atoms with Crippen molar-refractivity contribution in [3.8, 4) is 16.9 Å². The zero-order chi connectivity index (χ0) is 23.3. The summed E-state index contributed by atoms with van der Waals surface area (Å²) < 4.78 is 12.4. The molecule has 166 valence electrons. The van der Waals surface area contributed by atoms with Crippen LogP contribution in [-0.4, -0.2) is 25.6 Å². The van der Waals surface area contributed by atoms with Crippen LogP contribution in [0, 0.1) is 6.92 Å². The summed E-state index contributed by atoms with van der Waals surface area (Å²) in [7, 11) is 1.33. The lowest BCUT2D eigenvalue weighted by atomic mass is 10.0. The van der Waals surface area contributed by atoms with Crippen LogP contribution in [-0.2, 0) is 9.53 Å². The number of esters is 1. The molecule has 0 saturated heterocycles. The normalized spacial score (nSPS) is 10.9. The molecule has 0 unspecified atom stereocenters. The van der Waals surface area contributed by atoms with Crippen molar-refractivity contribution in [2.24, 2.45) is 0 Å². The Balaban J connectivity index is 1.92. The summed E-state index contributed by atoms with van der Waals surface area (Å²) in [4.78, 5) is 26.2. The quantitative estimate of drug-likeness (QED) is 0.240. The van der Waals surface area contributed by atoms with Crippen LogP contribution in [0.3, 0.4) is 0 Å². The first-order valence-corrected chi connectivity index (χ1v) is 12.1. The van der Waals surface area contributed by atoms with Gasteiger partial charge in [0, 0.05) is 31.0 Å². The molecule has 32 heavy (non-hydrogen) atoms. The third-order valence-corrected chi connectivity index (χ3v) is 6.57. The number of hydrogen-bond acceptors (Lipinski definition) is 5. The average Bonchev–Trinajstić information content (AvgIpc) is 3.09. The van der Waals surface area contributed by atoms with Gasteiger partial charge in [-0.25, -0.2) is 4.79 Å². The van der Waals surface area contributed by atoms with E-state index in [1.165, 1.54) is 24.5 Å². The number of amides is 1. The predicted octanol–water partition coefficient (Wildman–Crippen LogP) is 7.09. The number of nitrogens with one attached hydrogen (secondary N) is 1. The molecule has 0 fully saturated rings. The molecule has 2 aromatic carbocycles. The van der Waals surface area contributed by atoms with E-state index < -0.39 is 5.97 Å². The van der Waals surface area contributed by atoms with E-state index in [0.717, 1.165) is 30.5 Å². The molecule has 0 aliphatic carbocycles. The minimum atomic E-state index is -0.503. The number of halogens is 2. The Labute approximate surface area is 207 Å². The number of ether oxygens (including phenoxy) is 2. The largest absolute Gasteiger partial charge is 0.493 e. The minimum absolute atomic E-state index is 0.344. The van der Waals surface area contributed by atoms with Crippen LogP contribution in [0.5, 0.6) is 5.75 Å². The summed E-state index contributed by atoms with van der Waals surface area (Å²) in [5.41, 5.74) is 2.73.